The topological polar surface area (TPSA) is 107 Å². The smallest absolute Gasteiger partial charge is 0.268 e. The lowest BCUT2D eigenvalue weighted by Crippen LogP contribution is -2.43. The molecule has 5 rings (SSSR count). The lowest BCUT2D eigenvalue weighted by Gasteiger charge is -2.24. The molecule has 1 aromatic heterocycles. The fourth-order valence-corrected chi connectivity index (χ4v) is 4.91. The number of nitriles is 1. The molecule has 2 aliphatic rings. The first-order chi connectivity index (χ1) is 18.3. The first-order valence-corrected chi connectivity index (χ1v) is 12.5. The largest absolute Gasteiger partial charge is 0.489 e. The van der Waals surface area contributed by atoms with Crippen LogP contribution in [0.15, 0.2) is 54.7 Å². The highest BCUT2D eigenvalue weighted by Gasteiger charge is 2.47. The minimum Gasteiger partial charge on any atom is -0.489 e. The summed E-state index contributed by atoms with van der Waals surface area (Å²) in [4.78, 5) is 30.6. The van der Waals surface area contributed by atoms with Crippen molar-refractivity contribution >= 4 is 22.7 Å². The third-order valence-electron chi connectivity index (χ3n) is 6.87. The number of ether oxygens (including phenoxy) is 1. The Kier molecular flexibility index (Phi) is 7.20. The molecule has 2 atom stereocenters. The van der Waals surface area contributed by atoms with Crippen molar-refractivity contribution in [3.05, 3.63) is 60.3 Å². The Morgan fingerprint density at radius 2 is 1.97 bits per heavy atom. The number of piperidine rings is 1. The molecule has 2 aliphatic heterocycles. The molecule has 2 N–H and O–H groups in total. The van der Waals surface area contributed by atoms with Crippen LogP contribution in [0.5, 0.6) is 5.75 Å². The van der Waals surface area contributed by atoms with Gasteiger partial charge in [-0.25, -0.2) is 8.78 Å². The van der Waals surface area contributed by atoms with Crippen LogP contribution in [0.2, 0.25) is 0 Å². The number of hydrogen-bond acceptors (Lipinski definition) is 6. The third kappa shape index (κ3) is 5.58. The van der Waals surface area contributed by atoms with E-state index in [1.165, 1.54) is 6.20 Å². The number of aromatic nitrogens is 1. The summed E-state index contributed by atoms with van der Waals surface area (Å²) >= 11 is 0. The minimum absolute atomic E-state index is 0.155. The summed E-state index contributed by atoms with van der Waals surface area (Å²) in [5.74, 6) is -3.58. The van der Waals surface area contributed by atoms with Gasteiger partial charge in [-0.2, -0.15) is 5.26 Å². The Balaban J connectivity index is 1.30. The first kappa shape index (κ1) is 25.5. The molecule has 8 nitrogen and oxygen atoms in total. The van der Waals surface area contributed by atoms with Crippen molar-refractivity contribution in [3.63, 3.8) is 0 Å². The van der Waals surface area contributed by atoms with E-state index in [0.717, 1.165) is 47.7 Å². The summed E-state index contributed by atoms with van der Waals surface area (Å²) in [5.41, 5.74) is 2.71. The summed E-state index contributed by atoms with van der Waals surface area (Å²) in [5, 5.41) is 15.6. The van der Waals surface area contributed by atoms with E-state index in [-0.39, 0.29) is 6.10 Å². The lowest BCUT2D eigenvalue weighted by atomic mass is 10.0. The minimum atomic E-state index is -3.12. The predicted molar refractivity (Wildman–Crippen MR) is 137 cm³/mol. The van der Waals surface area contributed by atoms with Crippen LogP contribution in [-0.4, -0.2) is 65.9 Å². The zero-order valence-electron chi connectivity index (χ0n) is 20.6. The molecule has 2 amide bonds. The number of nitrogens with zero attached hydrogens (tertiary/aromatic N) is 3. The third-order valence-corrected chi connectivity index (χ3v) is 6.87. The number of hydrogen-bond donors (Lipinski definition) is 2. The number of carbonyl (C=O) groups excluding carboxylic acids is 2. The van der Waals surface area contributed by atoms with Crippen LogP contribution in [0.1, 0.15) is 29.6 Å². The van der Waals surface area contributed by atoms with Crippen LogP contribution >= 0.6 is 0 Å². The molecule has 0 saturated carbocycles. The molecule has 2 aromatic carbocycles. The van der Waals surface area contributed by atoms with Crippen molar-refractivity contribution < 1.29 is 23.1 Å². The van der Waals surface area contributed by atoms with E-state index in [1.807, 2.05) is 42.5 Å². The number of pyridine rings is 1. The second-order valence-electron chi connectivity index (χ2n) is 9.61. The van der Waals surface area contributed by atoms with Crippen LogP contribution in [0, 0.1) is 11.3 Å². The van der Waals surface area contributed by atoms with E-state index in [9.17, 15) is 18.4 Å². The maximum Gasteiger partial charge on any atom is 0.268 e. The molecule has 0 aliphatic carbocycles. The lowest BCUT2D eigenvalue weighted by molar-refractivity contribution is -0.131. The second kappa shape index (κ2) is 10.7. The molecule has 38 heavy (non-hydrogen) atoms. The molecule has 3 aromatic rings. The molecular weight excluding hydrogens is 492 g/mol. The molecule has 3 heterocycles. The number of halogens is 2. The highest BCUT2D eigenvalue weighted by Crippen LogP contribution is 2.32. The van der Waals surface area contributed by atoms with Crippen molar-refractivity contribution in [2.24, 2.45) is 0 Å². The summed E-state index contributed by atoms with van der Waals surface area (Å²) in [6.45, 7) is 0.529. The van der Waals surface area contributed by atoms with E-state index in [0.29, 0.717) is 16.5 Å². The Morgan fingerprint density at radius 1 is 1.18 bits per heavy atom. The Bertz CT molecular complexity index is 1380. The van der Waals surface area contributed by atoms with E-state index in [1.54, 1.807) is 12.1 Å². The van der Waals surface area contributed by atoms with Gasteiger partial charge in [0.25, 0.3) is 11.8 Å². The second-order valence-corrected chi connectivity index (χ2v) is 9.61. The van der Waals surface area contributed by atoms with Gasteiger partial charge in [0.2, 0.25) is 5.91 Å². The number of nitrogens with one attached hydrogen (secondary N) is 2. The zero-order valence-corrected chi connectivity index (χ0v) is 20.6. The SMILES string of the molecule is N#C[C@@H]1CC(F)(F)CN1C(=O)CNC(=O)c1ccnc2ccc(-c3ccc(OC4CCCNC4)cc3)cc12. The summed E-state index contributed by atoms with van der Waals surface area (Å²) < 4.78 is 33.4. The molecular formula is C28H27F2N5O3. The van der Waals surface area contributed by atoms with Crippen LogP contribution in [-0.2, 0) is 4.79 Å². The maximum absolute atomic E-state index is 13.7. The van der Waals surface area contributed by atoms with Crippen LogP contribution in [0.3, 0.4) is 0 Å². The average molecular weight is 520 g/mol. The highest BCUT2D eigenvalue weighted by molar-refractivity contribution is 6.07. The van der Waals surface area contributed by atoms with Gasteiger partial charge in [-0.3, -0.25) is 14.6 Å². The first-order valence-electron chi connectivity index (χ1n) is 12.5. The van der Waals surface area contributed by atoms with Crippen LogP contribution in [0.4, 0.5) is 8.78 Å². The molecule has 2 fully saturated rings. The van der Waals surface area contributed by atoms with Crippen molar-refractivity contribution in [2.45, 2.75) is 37.3 Å². The molecule has 10 heteroatoms. The Hall–Kier alpha value is -4.10. The molecule has 196 valence electrons. The fraction of sp³-hybridized carbons (Fsp3) is 0.357. The number of carbonyl (C=O) groups is 2. The van der Waals surface area contributed by atoms with Gasteiger partial charge in [0.05, 0.1) is 30.2 Å². The van der Waals surface area contributed by atoms with Crippen molar-refractivity contribution in [2.75, 3.05) is 26.2 Å². The van der Waals surface area contributed by atoms with E-state index in [4.69, 9.17) is 10.00 Å². The average Bonchev–Trinajstić information content (AvgIpc) is 3.26. The normalized spacial score (nSPS) is 20.6. The number of rotatable bonds is 6. The molecule has 0 radical (unpaired) electrons. The van der Waals surface area contributed by atoms with Gasteiger partial charge in [-0.15, -0.1) is 0 Å². The van der Waals surface area contributed by atoms with Crippen molar-refractivity contribution in [3.8, 4) is 22.9 Å². The van der Waals surface area contributed by atoms with Crippen molar-refractivity contribution in [1.29, 1.82) is 5.26 Å². The van der Waals surface area contributed by atoms with Gasteiger partial charge in [0.15, 0.2) is 0 Å². The maximum atomic E-state index is 13.7. The van der Waals surface area contributed by atoms with Crippen LogP contribution < -0.4 is 15.4 Å². The van der Waals surface area contributed by atoms with Gasteiger partial charge >= 0.3 is 0 Å². The van der Waals surface area contributed by atoms with Gasteiger partial charge in [-0.1, -0.05) is 18.2 Å². The number of alkyl halides is 2. The number of fused-ring (bicyclic) bond motifs is 1. The summed E-state index contributed by atoms with van der Waals surface area (Å²) in [6, 6.07) is 15.4. The summed E-state index contributed by atoms with van der Waals surface area (Å²) in [6.07, 6.45) is 3.06. The fourth-order valence-electron chi connectivity index (χ4n) is 4.91. The highest BCUT2D eigenvalue weighted by atomic mass is 19.3. The van der Waals surface area contributed by atoms with Gasteiger partial charge < -0.3 is 20.3 Å². The van der Waals surface area contributed by atoms with Crippen molar-refractivity contribution in [1.82, 2.24) is 20.5 Å². The molecule has 2 saturated heterocycles. The van der Waals surface area contributed by atoms with Gasteiger partial charge in [-0.05, 0) is 60.8 Å². The number of likely N-dealkylation sites (tertiary alicyclic amines) is 1. The van der Waals surface area contributed by atoms with E-state index >= 15 is 0 Å². The van der Waals surface area contributed by atoms with E-state index in [2.05, 4.69) is 15.6 Å². The number of benzene rings is 2. The Labute approximate surface area is 218 Å². The Morgan fingerprint density at radius 3 is 2.71 bits per heavy atom. The predicted octanol–water partition coefficient (Wildman–Crippen LogP) is 3.52. The summed E-state index contributed by atoms with van der Waals surface area (Å²) in [7, 11) is 0. The quantitative estimate of drug-likeness (QED) is 0.516. The zero-order chi connectivity index (χ0) is 26.7. The standard InChI is InChI=1S/C28H27F2N5O3/c29-28(30)13-20(14-31)35(17-28)26(36)16-34-27(37)23-9-11-33-25-8-5-19(12-24(23)25)18-3-6-21(7-4-18)38-22-2-1-10-32-15-22/h3-9,11-12,20,22,32H,1-2,10,13,15-17H2,(H,34,37)/t20-,22?/m0/s1. The van der Waals surface area contributed by atoms with Gasteiger partial charge in [0, 0.05) is 24.5 Å². The monoisotopic (exact) mass is 519 g/mol. The molecule has 0 bridgehead atoms. The molecule has 0 spiro atoms. The number of amides is 2. The van der Waals surface area contributed by atoms with Crippen LogP contribution in [0.25, 0.3) is 22.0 Å². The van der Waals surface area contributed by atoms with E-state index < -0.39 is 43.3 Å². The van der Waals surface area contributed by atoms with Gasteiger partial charge in [0.1, 0.15) is 17.9 Å². The molecule has 1 unspecified atom stereocenters.